The summed E-state index contributed by atoms with van der Waals surface area (Å²) in [5.74, 6) is 0. The monoisotopic (exact) mass is 251 g/mol. The van der Waals surface area contributed by atoms with Gasteiger partial charge in [-0.25, -0.2) is 0 Å². The van der Waals surface area contributed by atoms with Gasteiger partial charge in [0.1, 0.15) is 0 Å². The van der Waals surface area contributed by atoms with Crippen LogP contribution in [0.2, 0.25) is 0 Å². The Kier molecular flexibility index (Phi) is 3.04. The molecule has 0 aromatic heterocycles. The van der Waals surface area contributed by atoms with Crippen LogP contribution in [-0.4, -0.2) is 18.0 Å². The van der Waals surface area contributed by atoms with Crippen molar-refractivity contribution in [1.82, 2.24) is 4.90 Å². The van der Waals surface area contributed by atoms with Gasteiger partial charge in [0.25, 0.3) is 0 Å². The summed E-state index contributed by atoms with van der Waals surface area (Å²) in [6.45, 7) is 5.84. The normalized spacial score (nSPS) is 21.6. The number of fused-ring (bicyclic) bond motifs is 1. The third kappa shape index (κ3) is 1.77. The number of halogens is 1. The minimum Gasteiger partial charge on any atom is -0.283 e. The van der Waals surface area contributed by atoms with Gasteiger partial charge in [-0.05, 0) is 17.5 Å². The molecule has 0 fully saturated rings. The van der Waals surface area contributed by atoms with Gasteiger partial charge in [0.2, 0.25) is 0 Å². The van der Waals surface area contributed by atoms with Crippen LogP contribution in [-0.2, 0) is 6.42 Å². The molecule has 0 amide bonds. The molecule has 0 bridgehead atoms. The average molecular weight is 252 g/mol. The van der Waals surface area contributed by atoms with Crippen molar-refractivity contribution in [1.29, 1.82) is 0 Å². The Morgan fingerprint density at radius 1 is 1.50 bits per heavy atom. The highest BCUT2D eigenvalue weighted by molar-refractivity contribution is 9.09. The Bertz CT molecular complexity index is 335. The molecule has 1 heterocycles. The minimum absolute atomic E-state index is 0.352. The highest BCUT2D eigenvalue weighted by Crippen LogP contribution is 2.33. The fraction of sp³-hybridized carbons (Fsp3) is 0.333. The van der Waals surface area contributed by atoms with Crippen LogP contribution in [0.5, 0.6) is 0 Å². The van der Waals surface area contributed by atoms with E-state index in [1.807, 2.05) is 6.08 Å². The smallest absolute Gasteiger partial charge is 0.0917 e. The van der Waals surface area contributed by atoms with Crippen molar-refractivity contribution in [3.63, 3.8) is 0 Å². The van der Waals surface area contributed by atoms with Gasteiger partial charge in [-0.15, -0.1) is 6.58 Å². The first-order chi connectivity index (χ1) is 6.83. The van der Waals surface area contributed by atoms with Gasteiger partial charge in [0, 0.05) is 13.1 Å². The van der Waals surface area contributed by atoms with Crippen molar-refractivity contribution in [2.45, 2.75) is 11.4 Å². The zero-order valence-electron chi connectivity index (χ0n) is 8.12. The van der Waals surface area contributed by atoms with Gasteiger partial charge >= 0.3 is 0 Å². The SMILES string of the molecule is C=CCN1CCc2ccccc2C1Br. The largest absolute Gasteiger partial charge is 0.283 e. The Morgan fingerprint density at radius 3 is 3.07 bits per heavy atom. The van der Waals surface area contributed by atoms with E-state index in [9.17, 15) is 0 Å². The summed E-state index contributed by atoms with van der Waals surface area (Å²) in [6, 6.07) is 8.63. The molecule has 1 unspecified atom stereocenters. The molecule has 14 heavy (non-hydrogen) atoms. The molecule has 1 atom stereocenters. The molecule has 0 N–H and O–H groups in total. The molecule has 2 rings (SSSR count). The van der Waals surface area contributed by atoms with Crippen LogP contribution in [0.3, 0.4) is 0 Å². The third-order valence-corrected chi connectivity index (χ3v) is 3.74. The minimum atomic E-state index is 0.352. The Morgan fingerprint density at radius 2 is 2.29 bits per heavy atom. The molecule has 0 saturated carbocycles. The first-order valence-corrected chi connectivity index (χ1v) is 5.81. The molecule has 1 aliphatic heterocycles. The number of benzene rings is 1. The van der Waals surface area contributed by atoms with Gasteiger partial charge in [-0.3, -0.25) is 4.90 Å². The molecule has 74 valence electrons. The van der Waals surface area contributed by atoms with Crippen LogP contribution in [0, 0.1) is 0 Å². The van der Waals surface area contributed by atoms with Crippen LogP contribution in [0.4, 0.5) is 0 Å². The maximum absolute atomic E-state index is 3.78. The number of rotatable bonds is 2. The molecule has 1 aliphatic rings. The van der Waals surface area contributed by atoms with E-state index in [2.05, 4.69) is 51.7 Å². The maximum atomic E-state index is 3.78. The zero-order chi connectivity index (χ0) is 9.97. The first kappa shape index (κ1) is 9.94. The van der Waals surface area contributed by atoms with Gasteiger partial charge < -0.3 is 0 Å². The second-order valence-electron chi connectivity index (χ2n) is 3.57. The number of hydrogen-bond acceptors (Lipinski definition) is 1. The fourth-order valence-electron chi connectivity index (χ4n) is 1.92. The maximum Gasteiger partial charge on any atom is 0.0917 e. The van der Waals surface area contributed by atoms with E-state index in [4.69, 9.17) is 0 Å². The molecular formula is C12H14BrN. The number of hydrogen-bond donors (Lipinski definition) is 0. The molecule has 2 heteroatoms. The summed E-state index contributed by atoms with van der Waals surface area (Å²) < 4.78 is 0. The van der Waals surface area contributed by atoms with Crippen molar-refractivity contribution in [2.24, 2.45) is 0 Å². The highest BCUT2D eigenvalue weighted by atomic mass is 79.9. The third-order valence-electron chi connectivity index (χ3n) is 2.66. The van der Waals surface area contributed by atoms with Crippen molar-refractivity contribution in [3.8, 4) is 0 Å². The molecule has 0 aliphatic carbocycles. The van der Waals surface area contributed by atoms with E-state index in [1.54, 1.807) is 0 Å². The highest BCUT2D eigenvalue weighted by Gasteiger charge is 2.23. The summed E-state index contributed by atoms with van der Waals surface area (Å²) in [7, 11) is 0. The van der Waals surface area contributed by atoms with Gasteiger partial charge in [0.05, 0.1) is 4.95 Å². The summed E-state index contributed by atoms with van der Waals surface area (Å²) in [6.07, 6.45) is 3.11. The second-order valence-corrected chi connectivity index (χ2v) is 4.44. The molecule has 0 saturated heterocycles. The van der Waals surface area contributed by atoms with E-state index < -0.39 is 0 Å². The van der Waals surface area contributed by atoms with Crippen LogP contribution < -0.4 is 0 Å². The molecule has 1 aromatic carbocycles. The van der Waals surface area contributed by atoms with Crippen LogP contribution >= 0.6 is 15.9 Å². The van der Waals surface area contributed by atoms with Crippen molar-refractivity contribution >= 4 is 15.9 Å². The first-order valence-electron chi connectivity index (χ1n) is 4.89. The Hall–Kier alpha value is -0.600. The van der Waals surface area contributed by atoms with Gasteiger partial charge in [0.15, 0.2) is 0 Å². The van der Waals surface area contributed by atoms with E-state index in [0.717, 1.165) is 19.5 Å². The predicted octanol–water partition coefficient (Wildman–Crippen LogP) is 3.12. The van der Waals surface area contributed by atoms with Crippen molar-refractivity contribution in [3.05, 3.63) is 48.0 Å². The second kappa shape index (κ2) is 4.28. The van der Waals surface area contributed by atoms with Gasteiger partial charge in [-0.1, -0.05) is 46.3 Å². The van der Waals surface area contributed by atoms with E-state index in [1.165, 1.54) is 11.1 Å². The molecule has 0 spiro atoms. The fourth-order valence-corrected chi connectivity index (χ4v) is 2.74. The molecule has 1 aromatic rings. The standard InChI is InChI=1S/C12H14BrN/c1-2-8-14-9-7-10-5-3-4-6-11(10)12(14)13/h2-6,12H,1,7-9H2. The number of alkyl halides is 1. The lowest BCUT2D eigenvalue weighted by Gasteiger charge is -2.32. The topological polar surface area (TPSA) is 3.24 Å². The summed E-state index contributed by atoms with van der Waals surface area (Å²) in [4.78, 5) is 2.74. The average Bonchev–Trinajstić information content (AvgIpc) is 2.23. The molecular weight excluding hydrogens is 238 g/mol. The zero-order valence-corrected chi connectivity index (χ0v) is 9.70. The summed E-state index contributed by atoms with van der Waals surface area (Å²) in [5.41, 5.74) is 2.87. The predicted molar refractivity (Wildman–Crippen MR) is 63.6 cm³/mol. The number of nitrogens with zero attached hydrogens (tertiary/aromatic N) is 1. The molecule has 0 radical (unpaired) electrons. The van der Waals surface area contributed by atoms with Crippen molar-refractivity contribution in [2.75, 3.05) is 13.1 Å². The van der Waals surface area contributed by atoms with E-state index in [0.29, 0.717) is 4.95 Å². The van der Waals surface area contributed by atoms with Crippen LogP contribution in [0.1, 0.15) is 16.1 Å². The lowest BCUT2D eigenvalue weighted by molar-refractivity contribution is 0.279. The van der Waals surface area contributed by atoms with E-state index >= 15 is 0 Å². The van der Waals surface area contributed by atoms with E-state index in [-0.39, 0.29) is 0 Å². The lowest BCUT2D eigenvalue weighted by atomic mass is 10.00. The Balaban J connectivity index is 2.26. The van der Waals surface area contributed by atoms with Gasteiger partial charge in [-0.2, -0.15) is 0 Å². The lowest BCUT2D eigenvalue weighted by Crippen LogP contribution is -2.32. The van der Waals surface area contributed by atoms with Crippen LogP contribution in [0.25, 0.3) is 0 Å². The Labute approximate surface area is 93.6 Å². The summed E-state index contributed by atoms with van der Waals surface area (Å²) in [5, 5.41) is 0. The van der Waals surface area contributed by atoms with Crippen molar-refractivity contribution < 1.29 is 0 Å². The summed E-state index contributed by atoms with van der Waals surface area (Å²) >= 11 is 3.73. The molecule has 1 nitrogen and oxygen atoms in total. The quantitative estimate of drug-likeness (QED) is 0.444. The van der Waals surface area contributed by atoms with Crippen LogP contribution in [0.15, 0.2) is 36.9 Å².